The fourth-order valence-corrected chi connectivity index (χ4v) is 2.94. The number of benzene rings is 1. The summed E-state index contributed by atoms with van der Waals surface area (Å²) in [6, 6.07) is 7.77. The van der Waals surface area contributed by atoms with E-state index in [2.05, 4.69) is 16.8 Å². The van der Waals surface area contributed by atoms with Gasteiger partial charge < -0.3 is 10.1 Å². The normalized spacial score (nSPS) is 16.1. The van der Waals surface area contributed by atoms with Crippen molar-refractivity contribution in [1.29, 1.82) is 0 Å². The number of rotatable bonds is 3. The Morgan fingerprint density at radius 1 is 1.29 bits per heavy atom. The van der Waals surface area contributed by atoms with Gasteiger partial charge >= 0.3 is 0 Å². The lowest BCUT2D eigenvalue weighted by Crippen LogP contribution is -2.29. The lowest BCUT2D eigenvalue weighted by molar-refractivity contribution is 0.249. The summed E-state index contributed by atoms with van der Waals surface area (Å²) in [6.07, 6.45) is 3.37. The molecule has 0 spiro atoms. The van der Waals surface area contributed by atoms with E-state index in [-0.39, 0.29) is 5.56 Å². The minimum atomic E-state index is -0.0117. The molecular weight excluding hydrogens is 264 g/mol. The molecule has 0 fully saturated rings. The highest BCUT2D eigenvalue weighted by Gasteiger charge is 2.16. The van der Waals surface area contributed by atoms with Gasteiger partial charge in [-0.05, 0) is 29.5 Å². The Labute approximate surface area is 123 Å². The van der Waals surface area contributed by atoms with Gasteiger partial charge in [-0.3, -0.25) is 9.69 Å². The van der Waals surface area contributed by atoms with E-state index in [9.17, 15) is 9.90 Å². The van der Waals surface area contributed by atoms with Gasteiger partial charge in [-0.2, -0.15) is 0 Å². The molecule has 0 saturated heterocycles. The molecule has 4 heteroatoms. The van der Waals surface area contributed by atoms with Gasteiger partial charge in [-0.1, -0.05) is 25.1 Å². The fraction of sp³-hybridized carbons (Fsp3) is 0.353. The molecule has 4 nitrogen and oxygen atoms in total. The monoisotopic (exact) mass is 284 g/mol. The number of aliphatic hydroxyl groups excluding tert-OH is 1. The van der Waals surface area contributed by atoms with Crippen LogP contribution in [0, 0.1) is 0 Å². The first-order valence-electron chi connectivity index (χ1n) is 7.42. The number of hydrogen-bond acceptors (Lipinski definition) is 3. The summed E-state index contributed by atoms with van der Waals surface area (Å²) in [5, 5.41) is 11.3. The zero-order valence-electron chi connectivity index (χ0n) is 12.2. The number of aryl methyl sites for hydroxylation is 1. The minimum Gasteiger partial charge on any atom is -0.513 e. The van der Waals surface area contributed by atoms with E-state index in [0.29, 0.717) is 12.2 Å². The highest BCUT2D eigenvalue weighted by molar-refractivity contribution is 5.85. The number of aromatic nitrogens is 1. The third-order valence-electron chi connectivity index (χ3n) is 4.13. The Hall–Kier alpha value is -2.07. The maximum Gasteiger partial charge on any atom is 0.256 e. The molecule has 0 amide bonds. The first-order chi connectivity index (χ1) is 10.2. The zero-order chi connectivity index (χ0) is 14.8. The van der Waals surface area contributed by atoms with Crippen molar-refractivity contribution in [2.45, 2.75) is 26.3 Å². The van der Waals surface area contributed by atoms with Gasteiger partial charge in [0.25, 0.3) is 5.56 Å². The van der Waals surface area contributed by atoms with Crippen LogP contribution in [0.2, 0.25) is 0 Å². The molecule has 2 aromatic rings. The summed E-state index contributed by atoms with van der Waals surface area (Å²) in [4.78, 5) is 17.4. The molecule has 2 heterocycles. The average Bonchev–Trinajstić information content (AvgIpc) is 2.52. The number of H-pyrrole nitrogens is 1. The lowest BCUT2D eigenvalue weighted by Gasteiger charge is -2.26. The van der Waals surface area contributed by atoms with Gasteiger partial charge in [0.05, 0.1) is 5.76 Å². The lowest BCUT2D eigenvalue weighted by atomic mass is 10.0. The first-order valence-corrected chi connectivity index (χ1v) is 7.42. The molecule has 1 aliphatic heterocycles. The molecule has 0 bridgehead atoms. The number of aliphatic hydroxyl groups is 1. The molecule has 0 unspecified atom stereocenters. The van der Waals surface area contributed by atoms with E-state index in [1.54, 1.807) is 0 Å². The van der Waals surface area contributed by atoms with Crippen molar-refractivity contribution >= 4 is 10.8 Å². The van der Waals surface area contributed by atoms with Crippen LogP contribution < -0.4 is 5.56 Å². The van der Waals surface area contributed by atoms with Crippen LogP contribution in [0.3, 0.4) is 0 Å². The van der Waals surface area contributed by atoms with Crippen LogP contribution in [-0.4, -0.2) is 28.1 Å². The number of aromatic amines is 1. The number of hydrogen-bond donors (Lipinski definition) is 2. The molecule has 110 valence electrons. The largest absolute Gasteiger partial charge is 0.513 e. The van der Waals surface area contributed by atoms with Crippen molar-refractivity contribution in [1.82, 2.24) is 9.88 Å². The van der Waals surface area contributed by atoms with E-state index in [4.69, 9.17) is 0 Å². The van der Waals surface area contributed by atoms with Gasteiger partial charge in [-0.15, -0.1) is 0 Å². The molecule has 0 radical (unpaired) electrons. The SMILES string of the molecule is CCc1[nH]c(=O)c2ccccc2c1CN1CC=C(O)CC1. The Morgan fingerprint density at radius 3 is 2.71 bits per heavy atom. The predicted molar refractivity (Wildman–Crippen MR) is 84.6 cm³/mol. The third-order valence-corrected chi connectivity index (χ3v) is 4.13. The average molecular weight is 284 g/mol. The number of nitrogens with one attached hydrogen (secondary N) is 1. The van der Waals surface area contributed by atoms with Crippen LogP contribution in [0.4, 0.5) is 0 Å². The van der Waals surface area contributed by atoms with Crippen molar-refractivity contribution in [3.8, 4) is 0 Å². The summed E-state index contributed by atoms with van der Waals surface area (Å²) >= 11 is 0. The number of pyridine rings is 1. The highest BCUT2D eigenvalue weighted by atomic mass is 16.3. The van der Waals surface area contributed by atoms with E-state index in [1.165, 1.54) is 5.56 Å². The zero-order valence-corrected chi connectivity index (χ0v) is 12.2. The molecule has 1 aliphatic rings. The van der Waals surface area contributed by atoms with Gasteiger partial charge in [0, 0.05) is 37.1 Å². The van der Waals surface area contributed by atoms with Gasteiger partial charge in [0.1, 0.15) is 0 Å². The van der Waals surface area contributed by atoms with Crippen LogP contribution >= 0.6 is 0 Å². The van der Waals surface area contributed by atoms with Crippen molar-refractivity contribution in [2.75, 3.05) is 13.1 Å². The van der Waals surface area contributed by atoms with Crippen molar-refractivity contribution in [2.24, 2.45) is 0 Å². The van der Waals surface area contributed by atoms with Gasteiger partial charge in [0.15, 0.2) is 0 Å². The molecule has 21 heavy (non-hydrogen) atoms. The summed E-state index contributed by atoms with van der Waals surface area (Å²) in [6.45, 7) is 4.46. The number of nitrogens with zero attached hydrogens (tertiary/aromatic N) is 1. The number of fused-ring (bicyclic) bond motifs is 1. The first kappa shape index (κ1) is 13.9. The third kappa shape index (κ3) is 2.72. The summed E-state index contributed by atoms with van der Waals surface area (Å²) in [5.41, 5.74) is 2.20. The standard InChI is InChI=1S/C17H20N2O2/c1-2-16-15(11-19-9-7-12(20)8-10-19)13-5-3-4-6-14(13)17(21)18-16/h3-7,20H,2,8-11H2,1H3,(H,18,21). The van der Waals surface area contributed by atoms with E-state index < -0.39 is 0 Å². The van der Waals surface area contributed by atoms with Gasteiger partial charge in [-0.25, -0.2) is 0 Å². The smallest absolute Gasteiger partial charge is 0.256 e. The minimum absolute atomic E-state index is 0.0117. The molecule has 2 N–H and O–H groups in total. The maximum absolute atomic E-state index is 12.1. The summed E-state index contributed by atoms with van der Waals surface area (Å²) in [7, 11) is 0. The van der Waals surface area contributed by atoms with Crippen LogP contribution in [0.25, 0.3) is 10.8 Å². The van der Waals surface area contributed by atoms with Crippen molar-refractivity contribution < 1.29 is 5.11 Å². The van der Waals surface area contributed by atoms with Crippen molar-refractivity contribution in [3.63, 3.8) is 0 Å². The molecule has 1 aromatic carbocycles. The quantitative estimate of drug-likeness (QED) is 0.911. The van der Waals surface area contributed by atoms with Crippen LogP contribution in [0.1, 0.15) is 24.6 Å². The predicted octanol–water partition coefficient (Wildman–Crippen LogP) is 2.74. The highest BCUT2D eigenvalue weighted by Crippen LogP contribution is 2.21. The summed E-state index contributed by atoms with van der Waals surface area (Å²) in [5.74, 6) is 0.480. The molecule has 0 atom stereocenters. The Kier molecular flexibility index (Phi) is 3.80. The van der Waals surface area contributed by atoms with E-state index >= 15 is 0 Å². The Bertz CT molecular complexity index is 746. The molecule has 1 aromatic heterocycles. The van der Waals surface area contributed by atoms with Crippen LogP contribution in [0.5, 0.6) is 0 Å². The molecule has 3 rings (SSSR count). The van der Waals surface area contributed by atoms with Crippen LogP contribution in [0.15, 0.2) is 40.9 Å². The fourth-order valence-electron chi connectivity index (χ4n) is 2.94. The topological polar surface area (TPSA) is 56.3 Å². The van der Waals surface area contributed by atoms with Crippen molar-refractivity contribution in [3.05, 3.63) is 57.7 Å². The van der Waals surface area contributed by atoms with E-state index in [0.717, 1.165) is 42.5 Å². The second-order valence-electron chi connectivity index (χ2n) is 5.49. The Balaban J connectivity index is 2.04. The van der Waals surface area contributed by atoms with Gasteiger partial charge in [0.2, 0.25) is 0 Å². The molecule has 0 aliphatic carbocycles. The van der Waals surface area contributed by atoms with E-state index in [1.807, 2.05) is 30.3 Å². The second kappa shape index (κ2) is 5.74. The maximum atomic E-state index is 12.1. The van der Waals surface area contributed by atoms with Crippen LogP contribution in [-0.2, 0) is 13.0 Å². The second-order valence-corrected chi connectivity index (χ2v) is 5.49. The molecular formula is C17H20N2O2. The summed E-state index contributed by atoms with van der Waals surface area (Å²) < 4.78 is 0. The molecule has 0 saturated carbocycles. The Morgan fingerprint density at radius 2 is 2.05 bits per heavy atom.